The van der Waals surface area contributed by atoms with Crippen LogP contribution in [0.5, 0.6) is 0 Å². The van der Waals surface area contributed by atoms with Crippen LogP contribution in [0.15, 0.2) is 24.3 Å². The van der Waals surface area contributed by atoms with E-state index in [1.165, 1.54) is 32.1 Å². The number of non-ortho nitro benzene ring substituents is 1. The summed E-state index contributed by atoms with van der Waals surface area (Å²) < 4.78 is 0. The van der Waals surface area contributed by atoms with Crippen molar-refractivity contribution in [3.63, 3.8) is 0 Å². The van der Waals surface area contributed by atoms with E-state index in [2.05, 4.69) is 12.2 Å². The van der Waals surface area contributed by atoms with Crippen LogP contribution in [0.25, 0.3) is 0 Å². The van der Waals surface area contributed by atoms with E-state index in [0.29, 0.717) is 0 Å². The van der Waals surface area contributed by atoms with Gasteiger partial charge in [-0.25, -0.2) is 0 Å². The van der Waals surface area contributed by atoms with E-state index >= 15 is 0 Å². The zero-order valence-electron chi connectivity index (χ0n) is 11.5. The number of nitrogens with zero attached hydrogens (tertiary/aromatic N) is 1. The molecule has 1 aliphatic carbocycles. The fourth-order valence-electron chi connectivity index (χ4n) is 2.81. The Morgan fingerprint density at radius 1 is 1.16 bits per heavy atom. The summed E-state index contributed by atoms with van der Waals surface area (Å²) in [6, 6.07) is 6.68. The molecule has 1 aromatic rings. The predicted octanol–water partition coefficient (Wildman–Crippen LogP) is 4.22. The Kier molecular flexibility index (Phi) is 4.77. The number of benzene rings is 1. The Labute approximate surface area is 114 Å². The maximum absolute atomic E-state index is 10.6. The highest BCUT2D eigenvalue weighted by Crippen LogP contribution is 2.30. The van der Waals surface area contributed by atoms with Crippen LogP contribution in [0.3, 0.4) is 0 Å². The Morgan fingerprint density at radius 2 is 1.74 bits per heavy atom. The summed E-state index contributed by atoms with van der Waals surface area (Å²) in [4.78, 5) is 10.2. The van der Waals surface area contributed by atoms with E-state index < -0.39 is 0 Å². The molecular weight excluding hydrogens is 240 g/mol. The summed E-state index contributed by atoms with van der Waals surface area (Å²) in [5.41, 5.74) is 1.12. The first kappa shape index (κ1) is 13.8. The number of hydrogen-bond donors (Lipinski definition) is 1. The smallest absolute Gasteiger partial charge is 0.269 e. The first-order chi connectivity index (χ1) is 9.19. The molecule has 0 amide bonds. The number of nitrogens with one attached hydrogen (secondary N) is 1. The molecule has 104 valence electrons. The third-order valence-corrected chi connectivity index (χ3v) is 4.22. The van der Waals surface area contributed by atoms with Gasteiger partial charge in [0.05, 0.1) is 4.92 Å². The number of nitro groups is 1. The number of rotatable bonds is 5. The lowest BCUT2D eigenvalue weighted by Gasteiger charge is -2.28. The molecule has 1 saturated carbocycles. The van der Waals surface area contributed by atoms with Crippen molar-refractivity contribution in [3.8, 4) is 0 Å². The topological polar surface area (TPSA) is 55.2 Å². The van der Waals surface area contributed by atoms with Crippen LogP contribution in [0.4, 0.5) is 11.4 Å². The molecule has 0 aliphatic heterocycles. The molecule has 0 unspecified atom stereocenters. The second-order valence-corrected chi connectivity index (χ2v) is 5.48. The lowest BCUT2D eigenvalue weighted by molar-refractivity contribution is -0.384. The summed E-state index contributed by atoms with van der Waals surface area (Å²) in [6.07, 6.45) is 6.62. The predicted molar refractivity (Wildman–Crippen MR) is 77.3 cm³/mol. The minimum atomic E-state index is -0.365. The second-order valence-electron chi connectivity index (χ2n) is 5.48. The highest BCUT2D eigenvalue weighted by atomic mass is 16.6. The van der Waals surface area contributed by atoms with E-state index in [4.69, 9.17) is 0 Å². The summed E-state index contributed by atoms with van der Waals surface area (Å²) in [5, 5.41) is 14.0. The first-order valence-electron chi connectivity index (χ1n) is 7.17. The SMILES string of the molecule is CCC1CCC(CNc2ccc([N+](=O)[O-])cc2)CC1. The molecule has 1 fully saturated rings. The largest absolute Gasteiger partial charge is 0.385 e. The minimum Gasteiger partial charge on any atom is -0.385 e. The molecule has 2 rings (SSSR count). The molecule has 1 aliphatic rings. The van der Waals surface area contributed by atoms with Gasteiger partial charge >= 0.3 is 0 Å². The molecule has 1 N–H and O–H groups in total. The van der Waals surface area contributed by atoms with Crippen LogP contribution in [0, 0.1) is 22.0 Å². The fraction of sp³-hybridized carbons (Fsp3) is 0.600. The first-order valence-corrected chi connectivity index (χ1v) is 7.17. The molecular formula is C15H22N2O2. The maximum Gasteiger partial charge on any atom is 0.269 e. The van der Waals surface area contributed by atoms with Crippen molar-refractivity contribution in [2.24, 2.45) is 11.8 Å². The molecule has 4 heteroatoms. The minimum absolute atomic E-state index is 0.147. The quantitative estimate of drug-likeness (QED) is 0.638. The summed E-state index contributed by atoms with van der Waals surface area (Å²) in [5.74, 6) is 1.67. The van der Waals surface area contributed by atoms with Gasteiger partial charge in [-0.15, -0.1) is 0 Å². The second kappa shape index (κ2) is 6.55. The average molecular weight is 262 g/mol. The number of anilines is 1. The Morgan fingerprint density at radius 3 is 2.26 bits per heavy atom. The molecule has 0 saturated heterocycles. The van der Waals surface area contributed by atoms with Crippen LogP contribution in [-0.2, 0) is 0 Å². The van der Waals surface area contributed by atoms with Gasteiger partial charge < -0.3 is 5.32 Å². The van der Waals surface area contributed by atoms with Gasteiger partial charge in [0.15, 0.2) is 0 Å². The molecule has 0 aromatic heterocycles. The summed E-state index contributed by atoms with van der Waals surface area (Å²) in [6.45, 7) is 3.26. The van der Waals surface area contributed by atoms with E-state index in [1.807, 2.05) is 0 Å². The van der Waals surface area contributed by atoms with Crippen molar-refractivity contribution in [2.45, 2.75) is 39.0 Å². The molecule has 4 nitrogen and oxygen atoms in total. The molecule has 1 aromatic carbocycles. The molecule has 0 bridgehead atoms. The lowest BCUT2D eigenvalue weighted by atomic mass is 9.81. The Balaban J connectivity index is 1.78. The third-order valence-electron chi connectivity index (χ3n) is 4.22. The normalized spacial score (nSPS) is 23.0. The highest BCUT2D eigenvalue weighted by molar-refractivity contribution is 5.48. The van der Waals surface area contributed by atoms with Crippen LogP contribution in [0.2, 0.25) is 0 Å². The molecule has 0 spiro atoms. The molecule has 0 radical (unpaired) electrons. The van der Waals surface area contributed by atoms with Crippen molar-refractivity contribution in [3.05, 3.63) is 34.4 Å². The van der Waals surface area contributed by atoms with E-state index in [-0.39, 0.29) is 10.6 Å². The van der Waals surface area contributed by atoms with Gasteiger partial charge in [-0.2, -0.15) is 0 Å². The van der Waals surface area contributed by atoms with E-state index in [9.17, 15) is 10.1 Å². The monoisotopic (exact) mass is 262 g/mol. The van der Waals surface area contributed by atoms with Gasteiger partial charge in [0, 0.05) is 24.4 Å². The summed E-state index contributed by atoms with van der Waals surface area (Å²) in [7, 11) is 0. The Hall–Kier alpha value is -1.58. The van der Waals surface area contributed by atoms with E-state index in [1.54, 1.807) is 24.3 Å². The highest BCUT2D eigenvalue weighted by Gasteiger charge is 2.19. The van der Waals surface area contributed by atoms with Crippen molar-refractivity contribution in [1.82, 2.24) is 0 Å². The van der Waals surface area contributed by atoms with Crippen LogP contribution >= 0.6 is 0 Å². The van der Waals surface area contributed by atoms with Gasteiger partial charge in [-0.05, 0) is 36.8 Å². The third kappa shape index (κ3) is 3.94. The van der Waals surface area contributed by atoms with Crippen LogP contribution in [0.1, 0.15) is 39.0 Å². The van der Waals surface area contributed by atoms with Crippen molar-refractivity contribution >= 4 is 11.4 Å². The maximum atomic E-state index is 10.6. The molecule has 0 heterocycles. The van der Waals surface area contributed by atoms with Gasteiger partial charge in [-0.1, -0.05) is 26.2 Å². The number of nitro benzene ring substituents is 1. The standard InChI is InChI=1S/C15H22N2O2/c1-2-12-3-5-13(6-4-12)11-16-14-7-9-15(10-8-14)17(18)19/h7-10,12-13,16H,2-6,11H2,1H3. The van der Waals surface area contributed by atoms with Gasteiger partial charge in [0.25, 0.3) is 5.69 Å². The lowest BCUT2D eigenvalue weighted by Crippen LogP contribution is -2.20. The zero-order valence-corrected chi connectivity index (χ0v) is 11.5. The van der Waals surface area contributed by atoms with Crippen molar-refractivity contribution in [2.75, 3.05) is 11.9 Å². The zero-order chi connectivity index (χ0) is 13.7. The van der Waals surface area contributed by atoms with Gasteiger partial charge in [0.1, 0.15) is 0 Å². The van der Waals surface area contributed by atoms with Crippen molar-refractivity contribution in [1.29, 1.82) is 0 Å². The van der Waals surface area contributed by atoms with E-state index in [0.717, 1.165) is 24.1 Å². The van der Waals surface area contributed by atoms with Crippen LogP contribution < -0.4 is 5.32 Å². The summed E-state index contributed by atoms with van der Waals surface area (Å²) >= 11 is 0. The average Bonchev–Trinajstić information content (AvgIpc) is 2.46. The van der Waals surface area contributed by atoms with Crippen LogP contribution in [-0.4, -0.2) is 11.5 Å². The Bertz CT molecular complexity index is 409. The number of hydrogen-bond acceptors (Lipinski definition) is 3. The fourth-order valence-corrected chi connectivity index (χ4v) is 2.81. The van der Waals surface area contributed by atoms with Gasteiger partial charge in [0.2, 0.25) is 0 Å². The van der Waals surface area contributed by atoms with Gasteiger partial charge in [-0.3, -0.25) is 10.1 Å². The molecule has 0 atom stereocenters. The molecule has 19 heavy (non-hydrogen) atoms. The van der Waals surface area contributed by atoms with Crippen molar-refractivity contribution < 1.29 is 4.92 Å².